The molecule has 0 aliphatic carbocycles. The molecule has 2 aromatic carbocycles. The van der Waals surface area contributed by atoms with Crippen LogP contribution in [0.4, 0.5) is 11.4 Å². The van der Waals surface area contributed by atoms with Crippen molar-refractivity contribution in [3.63, 3.8) is 0 Å². The highest BCUT2D eigenvalue weighted by atomic mass is 35.5. The van der Waals surface area contributed by atoms with E-state index in [-0.39, 0.29) is 28.6 Å². The summed E-state index contributed by atoms with van der Waals surface area (Å²) in [5.74, 6) is -0.647. The van der Waals surface area contributed by atoms with Crippen molar-refractivity contribution >= 4 is 40.2 Å². The summed E-state index contributed by atoms with van der Waals surface area (Å²) in [5, 5.41) is 3.43. The van der Waals surface area contributed by atoms with Gasteiger partial charge in [-0.3, -0.25) is 9.59 Å². The minimum atomic E-state index is -0.365. The van der Waals surface area contributed by atoms with Gasteiger partial charge in [0.1, 0.15) is 5.69 Å². The lowest BCUT2D eigenvalue weighted by atomic mass is 10.1. The summed E-state index contributed by atoms with van der Waals surface area (Å²) in [5.41, 5.74) is 9.63. The number of benzene rings is 2. The quantitative estimate of drug-likeness (QED) is 0.472. The van der Waals surface area contributed by atoms with Gasteiger partial charge in [0.15, 0.2) is 0 Å². The molecule has 0 radical (unpaired) electrons. The van der Waals surface area contributed by atoms with E-state index >= 15 is 0 Å². The van der Waals surface area contributed by atoms with Crippen LogP contribution >= 0.6 is 11.6 Å². The number of ketones is 1. The van der Waals surface area contributed by atoms with Crippen LogP contribution in [0.2, 0.25) is 5.02 Å². The number of hydrogen-bond acceptors (Lipinski definition) is 3. The van der Waals surface area contributed by atoms with Gasteiger partial charge in [-0.1, -0.05) is 35.9 Å². The summed E-state index contributed by atoms with van der Waals surface area (Å²) in [6, 6.07) is 19.4. The average molecular weight is 404 g/mol. The van der Waals surface area contributed by atoms with Crippen molar-refractivity contribution in [1.29, 1.82) is 0 Å². The average Bonchev–Trinajstić information content (AvgIpc) is 3.01. The topological polar surface area (TPSA) is 76.6 Å². The Morgan fingerprint density at radius 2 is 1.66 bits per heavy atom. The molecule has 0 atom stereocenters. The Hall–Kier alpha value is -3.57. The van der Waals surface area contributed by atoms with E-state index in [2.05, 4.69) is 5.32 Å². The molecule has 4 rings (SSSR count). The molecule has 3 N–H and O–H groups in total. The molecule has 0 aliphatic rings. The summed E-state index contributed by atoms with van der Waals surface area (Å²) in [6.07, 6.45) is 1.72. The van der Waals surface area contributed by atoms with Gasteiger partial charge in [-0.15, -0.1) is 0 Å². The predicted octanol–water partition coefficient (Wildman–Crippen LogP) is 4.97. The number of halogens is 1. The standard InChI is InChI=1S/C23H18ClN3O2/c1-14-6-2-3-7-17(14)26-23(29)19-18-8-4-5-13-27(18)21(20(19)25)22(28)15-9-11-16(24)12-10-15/h2-13H,25H2,1H3,(H,26,29). The summed E-state index contributed by atoms with van der Waals surface area (Å²) in [7, 11) is 0. The van der Waals surface area contributed by atoms with Gasteiger partial charge in [0.2, 0.25) is 5.78 Å². The van der Waals surface area contributed by atoms with Crippen LogP contribution in [0.25, 0.3) is 5.52 Å². The number of nitrogen functional groups attached to an aromatic ring is 1. The number of nitrogens with two attached hydrogens (primary N) is 1. The molecule has 5 nitrogen and oxygen atoms in total. The van der Waals surface area contributed by atoms with E-state index in [4.69, 9.17) is 17.3 Å². The van der Waals surface area contributed by atoms with E-state index in [1.807, 2.05) is 31.2 Å². The molecule has 144 valence electrons. The number of nitrogens with one attached hydrogen (secondary N) is 1. The molecule has 29 heavy (non-hydrogen) atoms. The molecule has 6 heteroatoms. The number of fused-ring (bicyclic) bond motifs is 1. The second kappa shape index (κ2) is 7.45. The number of rotatable bonds is 4. The molecule has 0 bridgehead atoms. The second-order valence-corrected chi connectivity index (χ2v) is 7.13. The molecule has 0 saturated carbocycles. The zero-order valence-electron chi connectivity index (χ0n) is 15.6. The van der Waals surface area contributed by atoms with Gasteiger partial charge in [0.25, 0.3) is 5.91 Å². The molecule has 2 heterocycles. The number of para-hydroxylation sites is 1. The first-order valence-corrected chi connectivity index (χ1v) is 9.41. The highest BCUT2D eigenvalue weighted by Crippen LogP contribution is 2.29. The van der Waals surface area contributed by atoms with Gasteiger partial charge in [-0.2, -0.15) is 0 Å². The van der Waals surface area contributed by atoms with Crippen molar-refractivity contribution in [2.75, 3.05) is 11.1 Å². The molecule has 0 unspecified atom stereocenters. The van der Waals surface area contributed by atoms with E-state index in [0.717, 1.165) is 5.56 Å². The normalized spacial score (nSPS) is 10.8. The maximum Gasteiger partial charge on any atom is 0.259 e. The molecular formula is C23H18ClN3O2. The van der Waals surface area contributed by atoms with E-state index < -0.39 is 0 Å². The summed E-state index contributed by atoms with van der Waals surface area (Å²) in [4.78, 5) is 26.3. The SMILES string of the molecule is Cc1ccccc1NC(=O)c1c(N)c(C(=O)c2ccc(Cl)cc2)n2ccccc12. The van der Waals surface area contributed by atoms with Gasteiger partial charge >= 0.3 is 0 Å². The fourth-order valence-electron chi connectivity index (χ4n) is 3.33. The smallest absolute Gasteiger partial charge is 0.259 e. The largest absolute Gasteiger partial charge is 0.396 e. The lowest BCUT2D eigenvalue weighted by Crippen LogP contribution is -2.14. The van der Waals surface area contributed by atoms with Crippen LogP contribution in [0.3, 0.4) is 0 Å². The van der Waals surface area contributed by atoms with Crippen LogP contribution in [-0.4, -0.2) is 16.1 Å². The van der Waals surface area contributed by atoms with Gasteiger partial charge in [0, 0.05) is 22.5 Å². The zero-order chi connectivity index (χ0) is 20.5. The molecule has 0 aliphatic heterocycles. The van der Waals surface area contributed by atoms with E-state index in [1.165, 1.54) is 0 Å². The maximum absolute atomic E-state index is 13.2. The first-order chi connectivity index (χ1) is 14.0. The third kappa shape index (κ3) is 3.37. The van der Waals surface area contributed by atoms with Gasteiger partial charge in [-0.05, 0) is 55.0 Å². The summed E-state index contributed by atoms with van der Waals surface area (Å²) in [6.45, 7) is 1.91. The minimum absolute atomic E-state index is 0.141. The fraction of sp³-hybridized carbons (Fsp3) is 0.0435. The first kappa shape index (κ1) is 18.8. The summed E-state index contributed by atoms with van der Waals surface area (Å²) >= 11 is 5.93. The highest BCUT2D eigenvalue weighted by molar-refractivity contribution is 6.30. The van der Waals surface area contributed by atoms with Crippen LogP contribution < -0.4 is 11.1 Å². The number of hydrogen-bond donors (Lipinski definition) is 2. The lowest BCUT2D eigenvalue weighted by Gasteiger charge is -2.08. The third-order valence-electron chi connectivity index (χ3n) is 4.82. The monoisotopic (exact) mass is 403 g/mol. The molecule has 1 amide bonds. The van der Waals surface area contributed by atoms with Crippen molar-refractivity contribution in [3.05, 3.63) is 100 Å². The van der Waals surface area contributed by atoms with Gasteiger partial charge in [-0.25, -0.2) is 0 Å². The zero-order valence-corrected chi connectivity index (χ0v) is 16.4. The number of carbonyl (C=O) groups excluding carboxylic acids is 2. The minimum Gasteiger partial charge on any atom is -0.396 e. The molecule has 0 fully saturated rings. The van der Waals surface area contributed by atoms with Crippen molar-refractivity contribution in [3.8, 4) is 0 Å². The van der Waals surface area contributed by atoms with E-state index in [0.29, 0.717) is 21.8 Å². The highest BCUT2D eigenvalue weighted by Gasteiger charge is 2.26. The molecule has 0 spiro atoms. The number of nitrogens with zero attached hydrogens (tertiary/aromatic N) is 1. The predicted molar refractivity (Wildman–Crippen MR) is 116 cm³/mol. The van der Waals surface area contributed by atoms with Crippen molar-refractivity contribution in [1.82, 2.24) is 4.40 Å². The molecule has 2 aromatic heterocycles. The second-order valence-electron chi connectivity index (χ2n) is 6.70. The Morgan fingerprint density at radius 3 is 2.38 bits per heavy atom. The van der Waals surface area contributed by atoms with Crippen LogP contribution in [0.15, 0.2) is 72.9 Å². The number of aromatic nitrogens is 1. The Morgan fingerprint density at radius 1 is 0.966 bits per heavy atom. The Kier molecular flexibility index (Phi) is 4.82. The Bertz CT molecular complexity index is 1240. The van der Waals surface area contributed by atoms with Crippen molar-refractivity contribution < 1.29 is 9.59 Å². The van der Waals surface area contributed by atoms with Crippen molar-refractivity contribution in [2.24, 2.45) is 0 Å². The van der Waals surface area contributed by atoms with Crippen LogP contribution in [-0.2, 0) is 0 Å². The number of aryl methyl sites for hydroxylation is 1. The van der Waals surface area contributed by atoms with Crippen LogP contribution in [0, 0.1) is 6.92 Å². The number of anilines is 2. The number of pyridine rings is 1. The van der Waals surface area contributed by atoms with Gasteiger partial charge in [0.05, 0.1) is 16.8 Å². The van der Waals surface area contributed by atoms with E-state index in [9.17, 15) is 9.59 Å². The lowest BCUT2D eigenvalue weighted by molar-refractivity contribution is 0.102. The Labute approximate surface area is 172 Å². The maximum atomic E-state index is 13.2. The first-order valence-electron chi connectivity index (χ1n) is 9.03. The van der Waals surface area contributed by atoms with Crippen LogP contribution in [0.1, 0.15) is 32.0 Å². The molecular weight excluding hydrogens is 386 g/mol. The van der Waals surface area contributed by atoms with Crippen molar-refractivity contribution in [2.45, 2.75) is 6.92 Å². The van der Waals surface area contributed by atoms with E-state index in [1.54, 1.807) is 53.1 Å². The number of carbonyl (C=O) groups is 2. The molecule has 0 saturated heterocycles. The third-order valence-corrected chi connectivity index (χ3v) is 5.08. The van der Waals surface area contributed by atoms with Gasteiger partial charge < -0.3 is 15.5 Å². The summed E-state index contributed by atoms with van der Waals surface area (Å²) < 4.78 is 1.65. The fourth-order valence-corrected chi connectivity index (χ4v) is 3.46. The van der Waals surface area contributed by atoms with Crippen LogP contribution in [0.5, 0.6) is 0 Å². The Balaban J connectivity index is 1.83. The molecule has 4 aromatic rings. The number of amides is 1.